The Kier molecular flexibility index (Phi) is 17.7. The highest BCUT2D eigenvalue weighted by atomic mass is 33.1. The molecule has 0 saturated carbocycles. The molecular formula is C61H72N6O8S2. The number of rotatable bonds is 24. The van der Waals surface area contributed by atoms with Gasteiger partial charge in [0.1, 0.15) is 19.0 Å². The summed E-state index contributed by atoms with van der Waals surface area (Å²) in [7, 11) is 10.7. The first-order valence-corrected chi connectivity index (χ1v) is 29.2. The Morgan fingerprint density at radius 3 is 1.74 bits per heavy atom. The number of nitrogens with zero attached hydrogens (tertiary/aromatic N) is 5. The molecule has 0 fully saturated rings. The van der Waals surface area contributed by atoms with E-state index in [9.17, 15) is 19.2 Å². The highest BCUT2D eigenvalue weighted by molar-refractivity contribution is 8.77. The van der Waals surface area contributed by atoms with Crippen molar-refractivity contribution in [3.63, 3.8) is 0 Å². The largest absolute Gasteiger partial charge is 0.493 e. The summed E-state index contributed by atoms with van der Waals surface area (Å²) >= 11 is 0. The van der Waals surface area contributed by atoms with Crippen molar-refractivity contribution < 1.29 is 38.1 Å². The number of methoxy groups -OCH3 is 2. The molecule has 0 radical (unpaired) electrons. The molecule has 9 rings (SSSR count). The number of fused-ring (bicyclic) bond motifs is 8. The number of Topliss-reactive ketones (excluding diaryl/α,β-unsaturated/α-hetero) is 1. The van der Waals surface area contributed by atoms with Crippen molar-refractivity contribution in [2.45, 2.75) is 115 Å². The number of likely N-dealkylation sites (N-methyl/N-ethyl adjacent to an activating group) is 2. The Hall–Kier alpha value is -6.65. The van der Waals surface area contributed by atoms with Gasteiger partial charge in [-0.25, -0.2) is 0 Å². The standard InChI is InChI=1S/C61H72N6O8S2/c1-8-62-25-15-9-10-19-47(68)20-16-26-76-77-61(2,3)24-23-58(69)63-44-28-40(38-74-56-34-52-48(32-54(56)72-6)59(70)66-45(36-64(52)4)30-42-17-11-13-21-50(42)66)27-41(29-44)39-75-57-35-53-49(33-55(57)73-7)60(71)67-46(37-65(53)5)31-43-18-12-14-22-51(43)67/h8,11-14,17-18,21-22,27-29,32-35,45-46H,9-10,15-16,19-20,23-26,30-31,36-39H2,1-7H3,(H,63,69)/t45-,46-/m0/s1. The summed E-state index contributed by atoms with van der Waals surface area (Å²) in [6.07, 6.45) is 9.39. The molecule has 1 N–H and O–H groups in total. The first-order valence-electron chi connectivity index (χ1n) is 26.9. The lowest BCUT2D eigenvalue weighted by molar-refractivity contribution is -0.119. The van der Waals surface area contributed by atoms with Crippen LogP contribution in [0.4, 0.5) is 28.4 Å². The fraction of sp³-hybridized carbons (Fsp3) is 0.426. The predicted octanol–water partition coefficient (Wildman–Crippen LogP) is 11.8. The lowest BCUT2D eigenvalue weighted by Gasteiger charge is -2.25. The molecule has 4 aliphatic heterocycles. The molecule has 4 heterocycles. The lowest BCUT2D eigenvalue weighted by Crippen LogP contribution is -2.41. The minimum atomic E-state index is -0.180. The molecule has 0 saturated heterocycles. The summed E-state index contributed by atoms with van der Waals surface area (Å²) in [6, 6.07) is 29.3. The second-order valence-corrected chi connectivity index (χ2v) is 24.2. The van der Waals surface area contributed by atoms with E-state index >= 15 is 0 Å². The van der Waals surface area contributed by atoms with Gasteiger partial charge in [0.2, 0.25) is 5.91 Å². The number of carbonyl (C=O) groups is 4. The van der Waals surface area contributed by atoms with Crippen LogP contribution in [0.25, 0.3) is 0 Å². The third-order valence-corrected chi connectivity index (χ3v) is 18.3. The van der Waals surface area contributed by atoms with E-state index < -0.39 is 0 Å². The van der Waals surface area contributed by atoms with Crippen molar-refractivity contribution >= 4 is 79.7 Å². The molecule has 2 atom stereocenters. The number of benzene rings is 5. The van der Waals surface area contributed by atoms with Gasteiger partial charge in [0.15, 0.2) is 23.0 Å². The van der Waals surface area contributed by atoms with Crippen molar-refractivity contribution in [3.05, 3.63) is 124 Å². The summed E-state index contributed by atoms with van der Waals surface area (Å²) in [6.45, 7) is 8.58. The van der Waals surface area contributed by atoms with Crippen LogP contribution in [0.15, 0.2) is 96.0 Å². The maximum Gasteiger partial charge on any atom is 0.260 e. The summed E-state index contributed by atoms with van der Waals surface area (Å²) in [5.41, 5.74) is 8.93. The monoisotopic (exact) mass is 1080 g/mol. The lowest BCUT2D eigenvalue weighted by atomic mass is 10.1. The Labute approximate surface area is 461 Å². The number of nitrogens with one attached hydrogen (secondary N) is 1. The van der Waals surface area contributed by atoms with Crippen LogP contribution in [0.2, 0.25) is 0 Å². The van der Waals surface area contributed by atoms with Crippen LogP contribution in [-0.4, -0.2) is 100 Å². The van der Waals surface area contributed by atoms with Gasteiger partial charge in [0.25, 0.3) is 11.8 Å². The summed E-state index contributed by atoms with van der Waals surface area (Å²) in [5, 5.41) is 3.17. The molecular weight excluding hydrogens is 1010 g/mol. The fourth-order valence-corrected chi connectivity index (χ4v) is 13.6. The minimum Gasteiger partial charge on any atom is -0.493 e. The number of ketones is 1. The van der Waals surface area contributed by atoms with E-state index in [0.29, 0.717) is 84.4 Å². The quantitative estimate of drug-likeness (QED) is 0.0357. The van der Waals surface area contributed by atoms with Crippen LogP contribution in [-0.2, 0) is 35.6 Å². The molecule has 77 heavy (non-hydrogen) atoms. The van der Waals surface area contributed by atoms with Gasteiger partial charge in [0, 0.05) is 92.7 Å². The summed E-state index contributed by atoms with van der Waals surface area (Å²) in [4.78, 5) is 67.2. The highest BCUT2D eigenvalue weighted by Crippen LogP contribution is 2.45. The molecule has 16 heteroatoms. The van der Waals surface area contributed by atoms with Gasteiger partial charge in [-0.3, -0.25) is 24.2 Å². The maximum absolute atomic E-state index is 14.3. The molecule has 0 bridgehead atoms. The molecule has 3 amide bonds. The van der Waals surface area contributed by atoms with Crippen LogP contribution >= 0.6 is 21.6 Å². The summed E-state index contributed by atoms with van der Waals surface area (Å²) in [5.74, 6) is 2.75. The van der Waals surface area contributed by atoms with Crippen molar-refractivity contribution in [2.75, 3.05) is 78.6 Å². The second-order valence-electron chi connectivity index (χ2n) is 21.1. The zero-order valence-corrected chi connectivity index (χ0v) is 47.2. The fourth-order valence-electron chi connectivity index (χ4n) is 11.0. The van der Waals surface area contributed by atoms with Crippen LogP contribution in [0, 0.1) is 0 Å². The number of ether oxygens (including phenoxy) is 4. The SMILES string of the molecule is CC=NCCCCCC(=O)CCCSSC(C)(C)CCC(=O)Nc1cc(COc2cc3c(cc2OC)C(=O)N2c4ccccc4C[C@H]2CN3C)cc(COc2cc3c(cc2OC)C(=O)N2c4ccccc4C[C@H]2CN3C)c1. The van der Waals surface area contributed by atoms with Crippen LogP contribution in [0.5, 0.6) is 23.0 Å². The van der Waals surface area contributed by atoms with Gasteiger partial charge in [-0.05, 0) is 130 Å². The van der Waals surface area contributed by atoms with Gasteiger partial charge < -0.3 is 43.9 Å². The van der Waals surface area contributed by atoms with E-state index in [1.807, 2.05) is 104 Å². The summed E-state index contributed by atoms with van der Waals surface area (Å²) < 4.78 is 24.8. The molecule has 0 aliphatic carbocycles. The highest BCUT2D eigenvalue weighted by Gasteiger charge is 2.41. The van der Waals surface area contributed by atoms with E-state index in [0.717, 1.165) is 95.8 Å². The number of unbranched alkanes of at least 4 members (excludes halogenated alkanes) is 2. The maximum atomic E-state index is 14.3. The number of amides is 3. The first kappa shape index (κ1) is 55.1. The first-order chi connectivity index (χ1) is 37.2. The third kappa shape index (κ3) is 12.9. The molecule has 14 nitrogen and oxygen atoms in total. The predicted molar refractivity (Wildman–Crippen MR) is 313 cm³/mol. The second kappa shape index (κ2) is 24.8. The van der Waals surface area contributed by atoms with Gasteiger partial charge >= 0.3 is 0 Å². The Morgan fingerprint density at radius 2 is 1.21 bits per heavy atom. The van der Waals surface area contributed by atoms with E-state index in [4.69, 9.17) is 18.9 Å². The number of hydrogen-bond donors (Lipinski definition) is 1. The van der Waals surface area contributed by atoms with Crippen LogP contribution in [0.1, 0.15) is 115 Å². The average molecular weight is 1080 g/mol. The van der Waals surface area contributed by atoms with Crippen LogP contribution < -0.4 is 43.9 Å². The molecule has 5 aromatic carbocycles. The molecule has 406 valence electrons. The average Bonchev–Trinajstić information content (AvgIpc) is 3.99. The Bertz CT molecular complexity index is 2860. The Balaban J connectivity index is 0.898. The third-order valence-electron chi connectivity index (χ3n) is 14.9. The molecule has 5 aromatic rings. The van der Waals surface area contributed by atoms with Crippen molar-refractivity contribution in [1.82, 2.24) is 0 Å². The van der Waals surface area contributed by atoms with E-state index in [1.165, 1.54) is 0 Å². The van der Waals surface area contributed by atoms with Gasteiger partial charge in [-0.15, -0.1) is 0 Å². The number of para-hydroxylation sites is 2. The normalized spacial score (nSPS) is 16.5. The smallest absolute Gasteiger partial charge is 0.260 e. The van der Waals surface area contributed by atoms with E-state index in [1.54, 1.807) is 47.9 Å². The zero-order valence-electron chi connectivity index (χ0n) is 45.5. The van der Waals surface area contributed by atoms with Crippen LogP contribution in [0.3, 0.4) is 0 Å². The molecule has 0 spiro atoms. The Morgan fingerprint density at radius 1 is 0.675 bits per heavy atom. The zero-order chi connectivity index (χ0) is 54.2. The van der Waals surface area contributed by atoms with Crippen molar-refractivity contribution in [1.29, 1.82) is 0 Å². The number of carbonyl (C=O) groups excluding carboxylic acids is 4. The number of anilines is 5. The van der Waals surface area contributed by atoms with Gasteiger partial charge in [0.05, 0.1) is 48.8 Å². The van der Waals surface area contributed by atoms with E-state index in [2.05, 4.69) is 46.1 Å². The molecule has 0 unspecified atom stereocenters. The van der Waals surface area contributed by atoms with Crippen molar-refractivity contribution in [2.24, 2.45) is 4.99 Å². The molecule has 4 aliphatic rings. The van der Waals surface area contributed by atoms with Crippen molar-refractivity contribution in [3.8, 4) is 23.0 Å². The van der Waals surface area contributed by atoms with E-state index in [-0.39, 0.29) is 47.8 Å². The number of hydrogen-bond acceptors (Lipinski definition) is 13. The number of aliphatic imine (C=N–C) groups is 1. The van der Waals surface area contributed by atoms with Gasteiger partial charge in [-0.1, -0.05) is 64.4 Å². The molecule has 0 aromatic heterocycles. The minimum absolute atomic E-state index is 0.00965. The topological polar surface area (TPSA) is 143 Å². The van der Waals surface area contributed by atoms with Gasteiger partial charge in [-0.2, -0.15) is 0 Å².